The molecule has 0 aliphatic rings. The number of hydrogen-bond acceptors (Lipinski definition) is 4. The van der Waals surface area contributed by atoms with E-state index in [2.05, 4.69) is 9.97 Å². The Morgan fingerprint density at radius 3 is 2.47 bits per heavy atom. The number of hydrogen-bond donors (Lipinski definition) is 1. The van der Waals surface area contributed by atoms with Crippen molar-refractivity contribution < 1.29 is 4.79 Å². The van der Waals surface area contributed by atoms with E-state index in [9.17, 15) is 4.79 Å². The molecule has 0 bridgehead atoms. The van der Waals surface area contributed by atoms with Gasteiger partial charge in [0.2, 0.25) is 5.95 Å². The van der Waals surface area contributed by atoms with Crippen molar-refractivity contribution in [3.63, 3.8) is 0 Å². The van der Waals surface area contributed by atoms with Crippen LogP contribution in [0.3, 0.4) is 0 Å². The molecule has 0 saturated carbocycles. The summed E-state index contributed by atoms with van der Waals surface area (Å²) in [5, 5.41) is 0.947. The fourth-order valence-electron chi connectivity index (χ4n) is 1.45. The molecule has 2 N–H and O–H groups in total. The minimum Gasteiger partial charge on any atom is -0.267 e. The molecule has 1 aromatic carbocycles. The van der Waals surface area contributed by atoms with Gasteiger partial charge in [0.05, 0.1) is 0 Å². The lowest BCUT2D eigenvalue weighted by molar-refractivity contribution is 0.0984. The number of carbonyl (C=O) groups excluding carboxylic acids is 1. The van der Waals surface area contributed by atoms with Gasteiger partial charge < -0.3 is 0 Å². The molecule has 0 unspecified atom stereocenters. The van der Waals surface area contributed by atoms with Crippen LogP contribution in [-0.2, 0) is 0 Å². The molecule has 17 heavy (non-hydrogen) atoms. The van der Waals surface area contributed by atoms with Crippen LogP contribution >= 0.6 is 0 Å². The molecule has 1 heterocycles. The molecule has 0 atom stereocenters. The Morgan fingerprint density at radius 1 is 1.18 bits per heavy atom. The fraction of sp³-hybridized carbons (Fsp3) is 0.0833. The summed E-state index contributed by atoms with van der Waals surface area (Å²) in [6.07, 6.45) is 3.07. The molecule has 1 amide bonds. The number of amides is 1. The second-order valence-electron chi connectivity index (χ2n) is 3.54. The zero-order valence-electron chi connectivity index (χ0n) is 9.37. The number of aromatic nitrogens is 2. The number of rotatable bonds is 2. The van der Waals surface area contributed by atoms with Crippen LogP contribution in [0, 0.1) is 6.92 Å². The summed E-state index contributed by atoms with van der Waals surface area (Å²) in [5.74, 6) is 5.55. The molecule has 0 fully saturated rings. The van der Waals surface area contributed by atoms with Crippen molar-refractivity contribution in [3.8, 4) is 0 Å². The number of anilines is 1. The Bertz CT molecular complexity index is 527. The van der Waals surface area contributed by atoms with Gasteiger partial charge in [-0.3, -0.25) is 4.79 Å². The van der Waals surface area contributed by atoms with E-state index in [0.717, 1.165) is 10.6 Å². The van der Waals surface area contributed by atoms with E-state index in [0.29, 0.717) is 5.56 Å². The average molecular weight is 228 g/mol. The molecule has 1 aromatic heterocycles. The van der Waals surface area contributed by atoms with E-state index in [1.807, 2.05) is 19.1 Å². The summed E-state index contributed by atoms with van der Waals surface area (Å²) in [4.78, 5) is 19.9. The molecule has 0 saturated heterocycles. The van der Waals surface area contributed by atoms with Gasteiger partial charge in [-0.1, -0.05) is 18.2 Å². The first kappa shape index (κ1) is 11.2. The molecular weight excluding hydrogens is 216 g/mol. The fourth-order valence-corrected chi connectivity index (χ4v) is 1.45. The van der Waals surface area contributed by atoms with Gasteiger partial charge in [0.15, 0.2) is 0 Å². The molecule has 2 rings (SSSR count). The molecule has 5 nitrogen and oxygen atoms in total. The normalized spacial score (nSPS) is 10.0. The standard InChI is InChI=1S/C12H12N4O/c1-9-5-2-3-6-10(9)11(17)16(13)12-14-7-4-8-15-12/h2-8H,13H2,1H3. The van der Waals surface area contributed by atoms with Crippen LogP contribution in [-0.4, -0.2) is 15.9 Å². The third kappa shape index (κ3) is 2.29. The van der Waals surface area contributed by atoms with E-state index >= 15 is 0 Å². The van der Waals surface area contributed by atoms with Gasteiger partial charge in [0.1, 0.15) is 0 Å². The molecule has 2 aromatic rings. The van der Waals surface area contributed by atoms with E-state index in [1.165, 1.54) is 12.4 Å². The number of benzene rings is 1. The molecule has 0 aliphatic carbocycles. The smallest absolute Gasteiger partial charge is 0.267 e. The van der Waals surface area contributed by atoms with Crippen molar-refractivity contribution in [1.82, 2.24) is 9.97 Å². The van der Waals surface area contributed by atoms with Crippen LogP contribution in [0.15, 0.2) is 42.7 Å². The van der Waals surface area contributed by atoms with Gasteiger partial charge in [-0.15, -0.1) is 0 Å². The highest BCUT2D eigenvalue weighted by Crippen LogP contribution is 2.11. The number of aryl methyl sites for hydroxylation is 1. The van der Waals surface area contributed by atoms with Crippen molar-refractivity contribution >= 4 is 11.9 Å². The molecule has 0 aliphatic heterocycles. The first-order valence-electron chi connectivity index (χ1n) is 5.12. The minimum atomic E-state index is -0.325. The second-order valence-corrected chi connectivity index (χ2v) is 3.54. The predicted molar refractivity (Wildman–Crippen MR) is 64.2 cm³/mol. The van der Waals surface area contributed by atoms with Crippen LogP contribution in [0.1, 0.15) is 15.9 Å². The van der Waals surface area contributed by atoms with Crippen LogP contribution in [0.5, 0.6) is 0 Å². The topological polar surface area (TPSA) is 72.1 Å². The lowest BCUT2D eigenvalue weighted by atomic mass is 10.1. The molecular formula is C12H12N4O. The second kappa shape index (κ2) is 4.71. The van der Waals surface area contributed by atoms with Crippen LogP contribution < -0.4 is 10.9 Å². The molecule has 5 heteroatoms. The minimum absolute atomic E-state index is 0.181. The summed E-state index contributed by atoms with van der Waals surface area (Å²) >= 11 is 0. The van der Waals surface area contributed by atoms with Gasteiger partial charge >= 0.3 is 0 Å². The molecule has 0 radical (unpaired) electrons. The predicted octanol–water partition coefficient (Wildman–Crippen LogP) is 1.31. The number of nitrogens with two attached hydrogens (primary N) is 1. The lowest BCUT2D eigenvalue weighted by Crippen LogP contribution is -2.39. The first-order valence-corrected chi connectivity index (χ1v) is 5.12. The van der Waals surface area contributed by atoms with Crippen LogP contribution in [0.25, 0.3) is 0 Å². The summed E-state index contributed by atoms with van der Waals surface area (Å²) < 4.78 is 0. The van der Waals surface area contributed by atoms with E-state index < -0.39 is 0 Å². The third-order valence-corrected chi connectivity index (χ3v) is 2.36. The maximum atomic E-state index is 12.1. The summed E-state index contributed by atoms with van der Waals surface area (Å²) in [6, 6.07) is 8.90. The van der Waals surface area contributed by atoms with E-state index in [1.54, 1.807) is 18.2 Å². The maximum Gasteiger partial charge on any atom is 0.275 e. The van der Waals surface area contributed by atoms with Gasteiger partial charge in [0.25, 0.3) is 5.91 Å². The number of nitrogens with zero attached hydrogens (tertiary/aromatic N) is 3. The SMILES string of the molecule is Cc1ccccc1C(=O)N(N)c1ncccn1. The van der Waals surface area contributed by atoms with Crippen molar-refractivity contribution in [1.29, 1.82) is 0 Å². The van der Waals surface area contributed by atoms with E-state index in [-0.39, 0.29) is 11.9 Å². The van der Waals surface area contributed by atoms with Crippen molar-refractivity contribution in [2.24, 2.45) is 5.84 Å². The maximum absolute atomic E-state index is 12.1. The Labute approximate surface area is 98.9 Å². The molecule has 86 valence electrons. The monoisotopic (exact) mass is 228 g/mol. The largest absolute Gasteiger partial charge is 0.275 e. The average Bonchev–Trinajstić information content (AvgIpc) is 2.39. The van der Waals surface area contributed by atoms with Gasteiger partial charge in [-0.25, -0.2) is 20.8 Å². The zero-order chi connectivity index (χ0) is 12.3. The lowest BCUT2D eigenvalue weighted by Gasteiger charge is -2.15. The van der Waals surface area contributed by atoms with Crippen molar-refractivity contribution in [3.05, 3.63) is 53.9 Å². The first-order chi connectivity index (χ1) is 8.20. The summed E-state index contributed by atoms with van der Waals surface area (Å²) in [6.45, 7) is 1.85. The van der Waals surface area contributed by atoms with Crippen LogP contribution in [0.4, 0.5) is 5.95 Å². The number of carbonyl (C=O) groups is 1. The zero-order valence-corrected chi connectivity index (χ0v) is 9.37. The Hall–Kier alpha value is -2.27. The third-order valence-electron chi connectivity index (χ3n) is 2.36. The summed E-state index contributed by atoms with van der Waals surface area (Å²) in [7, 11) is 0. The Morgan fingerprint density at radius 2 is 1.82 bits per heavy atom. The van der Waals surface area contributed by atoms with Crippen LogP contribution in [0.2, 0.25) is 0 Å². The highest BCUT2D eigenvalue weighted by molar-refractivity contribution is 6.05. The number of hydrazine groups is 1. The van der Waals surface area contributed by atoms with Crippen molar-refractivity contribution in [2.45, 2.75) is 6.92 Å². The quantitative estimate of drug-likeness (QED) is 0.478. The van der Waals surface area contributed by atoms with Gasteiger partial charge in [-0.2, -0.15) is 0 Å². The highest BCUT2D eigenvalue weighted by atomic mass is 16.2. The van der Waals surface area contributed by atoms with E-state index in [4.69, 9.17) is 5.84 Å². The Balaban J connectivity index is 2.30. The van der Waals surface area contributed by atoms with Gasteiger partial charge in [0, 0.05) is 18.0 Å². The van der Waals surface area contributed by atoms with Crippen molar-refractivity contribution in [2.75, 3.05) is 5.01 Å². The van der Waals surface area contributed by atoms with Gasteiger partial charge in [-0.05, 0) is 24.6 Å². The Kier molecular flexibility index (Phi) is 3.11. The highest BCUT2D eigenvalue weighted by Gasteiger charge is 2.17. The molecule has 0 spiro atoms. The summed E-state index contributed by atoms with van der Waals surface area (Å²) in [5.41, 5.74) is 1.41.